The lowest BCUT2D eigenvalue weighted by Crippen LogP contribution is -2.39. The number of rotatable bonds is 2. The van der Waals surface area contributed by atoms with Crippen molar-refractivity contribution in [2.75, 3.05) is 18.0 Å². The van der Waals surface area contributed by atoms with Crippen LogP contribution in [0.2, 0.25) is 0 Å². The van der Waals surface area contributed by atoms with Gasteiger partial charge in [-0.3, -0.25) is 0 Å². The molecule has 0 aliphatic carbocycles. The van der Waals surface area contributed by atoms with Gasteiger partial charge in [-0.1, -0.05) is 0 Å². The molecule has 0 aromatic carbocycles. The van der Waals surface area contributed by atoms with Crippen molar-refractivity contribution in [3.63, 3.8) is 0 Å². The summed E-state index contributed by atoms with van der Waals surface area (Å²) in [6.07, 6.45) is -2.68. The van der Waals surface area contributed by atoms with Crippen molar-refractivity contribution >= 4 is 16.7 Å². The molecule has 0 saturated carbocycles. The third kappa shape index (κ3) is 2.92. The predicted octanol–water partition coefficient (Wildman–Crippen LogP) is 2.12. The Bertz CT molecular complexity index is 396. The summed E-state index contributed by atoms with van der Waals surface area (Å²) in [6.45, 7) is 3.35. The fourth-order valence-electron chi connectivity index (χ4n) is 2.08. The molecule has 0 bridgehead atoms. The van der Waals surface area contributed by atoms with Crippen molar-refractivity contribution in [2.45, 2.75) is 32.0 Å². The fourth-order valence-corrected chi connectivity index (χ4v) is 2.81. The van der Waals surface area contributed by atoms with Gasteiger partial charge in [-0.05, 0) is 25.7 Å². The van der Waals surface area contributed by atoms with Crippen LogP contribution in [-0.4, -0.2) is 28.5 Å². The molecule has 8 heteroatoms. The number of aromatic nitrogens is 2. The second kappa shape index (κ2) is 5.00. The summed E-state index contributed by atoms with van der Waals surface area (Å²) in [6, 6.07) is 0.132. The lowest BCUT2D eigenvalue weighted by atomic mass is 9.91. The minimum Gasteiger partial charge on any atom is -0.347 e. The van der Waals surface area contributed by atoms with E-state index < -0.39 is 12.0 Å². The molecule has 102 valence electrons. The van der Waals surface area contributed by atoms with E-state index in [2.05, 4.69) is 9.36 Å². The van der Waals surface area contributed by atoms with Gasteiger partial charge in [0.2, 0.25) is 11.0 Å². The average Bonchev–Trinajstić information content (AvgIpc) is 2.78. The highest BCUT2D eigenvalue weighted by Crippen LogP contribution is 2.32. The first-order valence-electron chi connectivity index (χ1n) is 5.79. The van der Waals surface area contributed by atoms with Gasteiger partial charge >= 0.3 is 6.18 Å². The van der Waals surface area contributed by atoms with Crippen LogP contribution in [0.15, 0.2) is 0 Å². The number of nitrogens with zero attached hydrogens (tertiary/aromatic N) is 3. The van der Waals surface area contributed by atoms with Crippen LogP contribution in [0.1, 0.15) is 25.6 Å². The molecule has 2 rings (SSSR count). The maximum atomic E-state index is 12.4. The summed E-state index contributed by atoms with van der Waals surface area (Å²) in [7, 11) is 0. The first-order chi connectivity index (χ1) is 8.38. The lowest BCUT2D eigenvalue weighted by Gasteiger charge is -2.33. The molecule has 0 amide bonds. The van der Waals surface area contributed by atoms with Gasteiger partial charge in [0.25, 0.3) is 0 Å². The van der Waals surface area contributed by atoms with Gasteiger partial charge in [-0.2, -0.15) is 22.5 Å². The van der Waals surface area contributed by atoms with E-state index in [0.717, 1.165) is 24.4 Å². The smallest absolute Gasteiger partial charge is 0.347 e. The second-order valence-corrected chi connectivity index (χ2v) is 5.31. The zero-order chi connectivity index (χ0) is 13.3. The zero-order valence-electron chi connectivity index (χ0n) is 9.94. The number of piperidine rings is 1. The summed E-state index contributed by atoms with van der Waals surface area (Å²) >= 11 is 0.806. The van der Waals surface area contributed by atoms with Crippen molar-refractivity contribution in [2.24, 2.45) is 11.7 Å². The topological polar surface area (TPSA) is 55.0 Å². The van der Waals surface area contributed by atoms with E-state index in [1.807, 2.05) is 11.8 Å². The Morgan fingerprint density at radius 2 is 2.00 bits per heavy atom. The van der Waals surface area contributed by atoms with Gasteiger partial charge in [0, 0.05) is 30.7 Å². The van der Waals surface area contributed by atoms with Gasteiger partial charge in [-0.15, -0.1) is 0 Å². The average molecular weight is 280 g/mol. The number of halogens is 3. The van der Waals surface area contributed by atoms with Crippen LogP contribution < -0.4 is 10.6 Å². The number of nitrogens with two attached hydrogens (primary N) is 1. The molecule has 1 aromatic rings. The van der Waals surface area contributed by atoms with Crippen molar-refractivity contribution in [1.82, 2.24) is 9.36 Å². The van der Waals surface area contributed by atoms with Crippen molar-refractivity contribution in [3.8, 4) is 0 Å². The van der Waals surface area contributed by atoms with Crippen LogP contribution in [0.25, 0.3) is 0 Å². The maximum absolute atomic E-state index is 12.4. The van der Waals surface area contributed by atoms with Crippen LogP contribution in [0, 0.1) is 5.92 Å². The van der Waals surface area contributed by atoms with Gasteiger partial charge in [-0.25, -0.2) is 0 Å². The Labute approximate surface area is 107 Å². The summed E-state index contributed by atoms with van der Waals surface area (Å²) < 4.78 is 40.5. The number of anilines is 1. The minimum atomic E-state index is -4.46. The van der Waals surface area contributed by atoms with Crippen LogP contribution in [0.4, 0.5) is 18.3 Å². The molecule has 0 spiro atoms. The molecule has 1 aliphatic heterocycles. The molecule has 1 saturated heterocycles. The molecule has 1 fully saturated rings. The largest absolute Gasteiger partial charge is 0.452 e. The third-order valence-corrected chi connectivity index (χ3v) is 4.00. The SMILES string of the molecule is CC(N)C1CCN(c2nc(C(F)(F)F)ns2)CC1. The van der Waals surface area contributed by atoms with E-state index >= 15 is 0 Å². The predicted molar refractivity (Wildman–Crippen MR) is 63.5 cm³/mol. The van der Waals surface area contributed by atoms with E-state index in [4.69, 9.17) is 5.73 Å². The first-order valence-corrected chi connectivity index (χ1v) is 6.56. The van der Waals surface area contributed by atoms with Gasteiger partial charge in [0.05, 0.1) is 0 Å². The molecule has 0 radical (unpaired) electrons. The van der Waals surface area contributed by atoms with E-state index in [1.165, 1.54) is 0 Å². The second-order valence-electron chi connectivity index (χ2n) is 4.58. The lowest BCUT2D eigenvalue weighted by molar-refractivity contribution is -0.144. The van der Waals surface area contributed by atoms with E-state index in [-0.39, 0.29) is 6.04 Å². The first kappa shape index (κ1) is 13.5. The van der Waals surface area contributed by atoms with Crippen LogP contribution in [-0.2, 0) is 6.18 Å². The normalized spacial score (nSPS) is 20.2. The third-order valence-electron chi connectivity index (χ3n) is 3.22. The molecular weight excluding hydrogens is 265 g/mol. The number of hydrogen-bond acceptors (Lipinski definition) is 5. The Morgan fingerprint density at radius 1 is 1.39 bits per heavy atom. The quantitative estimate of drug-likeness (QED) is 0.901. The van der Waals surface area contributed by atoms with Gasteiger partial charge in [0.15, 0.2) is 0 Å². The summed E-state index contributed by atoms with van der Waals surface area (Å²) in [5, 5.41) is 0.352. The Balaban J connectivity index is 2.00. The molecule has 2 N–H and O–H groups in total. The van der Waals surface area contributed by atoms with E-state index in [9.17, 15) is 13.2 Å². The Hall–Kier alpha value is -0.890. The molecule has 1 unspecified atom stereocenters. The summed E-state index contributed by atoms with van der Waals surface area (Å²) in [5.74, 6) is -0.604. The highest BCUT2D eigenvalue weighted by Gasteiger charge is 2.37. The van der Waals surface area contributed by atoms with Crippen LogP contribution in [0.5, 0.6) is 0 Å². The van der Waals surface area contributed by atoms with Crippen molar-refractivity contribution in [3.05, 3.63) is 5.82 Å². The van der Waals surface area contributed by atoms with Crippen molar-refractivity contribution in [1.29, 1.82) is 0 Å². The maximum Gasteiger partial charge on any atom is 0.452 e. The minimum absolute atomic E-state index is 0.132. The highest BCUT2D eigenvalue weighted by atomic mass is 32.1. The van der Waals surface area contributed by atoms with Crippen LogP contribution in [0.3, 0.4) is 0 Å². The highest BCUT2D eigenvalue weighted by molar-refractivity contribution is 7.09. The zero-order valence-corrected chi connectivity index (χ0v) is 10.8. The molecule has 4 nitrogen and oxygen atoms in total. The van der Waals surface area contributed by atoms with Crippen LogP contribution >= 0.6 is 11.5 Å². The monoisotopic (exact) mass is 280 g/mol. The van der Waals surface area contributed by atoms with Gasteiger partial charge in [0.1, 0.15) is 0 Å². The summed E-state index contributed by atoms with van der Waals surface area (Å²) in [5.41, 5.74) is 5.82. The van der Waals surface area contributed by atoms with E-state index in [1.54, 1.807) is 0 Å². The molecule has 1 atom stereocenters. The molecule has 18 heavy (non-hydrogen) atoms. The number of alkyl halides is 3. The Kier molecular flexibility index (Phi) is 3.76. The molecular formula is C10H15F3N4S. The van der Waals surface area contributed by atoms with Gasteiger partial charge < -0.3 is 10.6 Å². The molecule has 1 aromatic heterocycles. The fraction of sp³-hybridized carbons (Fsp3) is 0.800. The number of hydrogen-bond donors (Lipinski definition) is 1. The van der Waals surface area contributed by atoms with Crippen molar-refractivity contribution < 1.29 is 13.2 Å². The Morgan fingerprint density at radius 3 is 2.44 bits per heavy atom. The summed E-state index contributed by atoms with van der Waals surface area (Å²) in [4.78, 5) is 5.41. The van der Waals surface area contributed by atoms with E-state index in [0.29, 0.717) is 24.1 Å². The molecule has 1 aliphatic rings. The molecule has 2 heterocycles. The standard InChI is InChI=1S/C10H15F3N4S/c1-6(14)7-2-4-17(5-3-7)9-15-8(16-18-9)10(11,12)13/h6-7H,2-5,14H2,1H3.